The van der Waals surface area contributed by atoms with Crippen molar-refractivity contribution in [3.8, 4) is 5.75 Å². The Bertz CT molecular complexity index is 429. The third-order valence-corrected chi connectivity index (χ3v) is 2.70. The van der Waals surface area contributed by atoms with Gasteiger partial charge in [0.05, 0.1) is 18.8 Å². The lowest BCUT2D eigenvalue weighted by molar-refractivity contribution is 0.191. The fourth-order valence-electron chi connectivity index (χ4n) is 1.68. The lowest BCUT2D eigenvalue weighted by atomic mass is 10.1. The Hall–Kier alpha value is -1.91. The summed E-state index contributed by atoms with van der Waals surface area (Å²) in [5.74, 6) is 0.744. The van der Waals surface area contributed by atoms with E-state index in [0.29, 0.717) is 13.2 Å². The number of rotatable bonds is 10. The van der Waals surface area contributed by atoms with Crippen LogP contribution in [0.3, 0.4) is 0 Å². The van der Waals surface area contributed by atoms with Gasteiger partial charge >= 0.3 is 0 Å². The Labute approximate surface area is 120 Å². The zero-order chi connectivity index (χ0) is 14.6. The van der Waals surface area contributed by atoms with Gasteiger partial charge in [0, 0.05) is 19.9 Å². The van der Waals surface area contributed by atoms with E-state index in [1.54, 1.807) is 31.7 Å². The molecule has 1 aromatic rings. The van der Waals surface area contributed by atoms with Gasteiger partial charge in [-0.05, 0) is 17.7 Å². The highest BCUT2D eigenvalue weighted by Crippen LogP contribution is 2.10. The predicted molar refractivity (Wildman–Crippen MR) is 81.9 cm³/mol. The van der Waals surface area contributed by atoms with Crippen molar-refractivity contribution in [3.05, 3.63) is 61.5 Å². The number of allylic oxidation sites excluding steroid dienone is 2. The molecule has 20 heavy (non-hydrogen) atoms. The second-order valence-electron chi connectivity index (χ2n) is 4.11. The van der Waals surface area contributed by atoms with Gasteiger partial charge in [0.15, 0.2) is 0 Å². The van der Waals surface area contributed by atoms with E-state index in [9.17, 15) is 0 Å². The van der Waals surface area contributed by atoms with E-state index in [1.807, 2.05) is 18.2 Å². The summed E-state index contributed by atoms with van der Waals surface area (Å²) in [6.07, 6.45) is 8.87. The monoisotopic (exact) mass is 274 g/mol. The molecule has 1 aromatic heterocycles. The summed E-state index contributed by atoms with van der Waals surface area (Å²) >= 11 is 0. The molecule has 1 unspecified atom stereocenters. The first-order valence-electron chi connectivity index (χ1n) is 6.52. The Morgan fingerprint density at radius 2 is 2.35 bits per heavy atom. The molecule has 0 spiro atoms. The second kappa shape index (κ2) is 9.95. The van der Waals surface area contributed by atoms with E-state index in [-0.39, 0.29) is 6.04 Å². The molecule has 1 rings (SSSR count). The highest BCUT2D eigenvalue weighted by atomic mass is 16.5. The van der Waals surface area contributed by atoms with Gasteiger partial charge in [-0.15, -0.1) is 0 Å². The molecular weight excluding hydrogens is 252 g/mol. The van der Waals surface area contributed by atoms with Crippen molar-refractivity contribution >= 4 is 0 Å². The lowest BCUT2D eigenvalue weighted by Gasteiger charge is -2.20. The minimum atomic E-state index is 0.0286. The third-order valence-electron chi connectivity index (χ3n) is 2.70. The molecule has 0 aliphatic heterocycles. The molecule has 0 aromatic carbocycles. The quantitative estimate of drug-likeness (QED) is 0.525. The fraction of sp³-hybridized carbons (Fsp3) is 0.312. The Kier molecular flexibility index (Phi) is 8.03. The fourth-order valence-corrected chi connectivity index (χ4v) is 1.68. The number of hydrogen-bond acceptors (Lipinski definition) is 4. The molecule has 0 fully saturated rings. The van der Waals surface area contributed by atoms with Gasteiger partial charge in [-0.2, -0.15) is 0 Å². The van der Waals surface area contributed by atoms with Crippen molar-refractivity contribution in [2.24, 2.45) is 0 Å². The maximum absolute atomic E-state index is 5.74. The SMILES string of the molecule is C=C/C=C(\C=C)C(COc1cccnc1)NCCOC. The highest BCUT2D eigenvalue weighted by molar-refractivity contribution is 5.27. The third kappa shape index (κ3) is 5.82. The van der Waals surface area contributed by atoms with Crippen LogP contribution in [-0.4, -0.2) is 37.9 Å². The summed E-state index contributed by atoms with van der Waals surface area (Å²) in [6.45, 7) is 9.41. The van der Waals surface area contributed by atoms with Crippen molar-refractivity contribution in [1.29, 1.82) is 0 Å². The van der Waals surface area contributed by atoms with Crippen molar-refractivity contribution in [2.75, 3.05) is 26.9 Å². The minimum Gasteiger partial charge on any atom is -0.490 e. The first-order chi connectivity index (χ1) is 9.81. The standard InChI is InChI=1S/C16H22N2O2/c1-4-7-14(5-2)16(18-10-11-19-3)13-20-15-8-6-9-17-12-15/h4-9,12,16,18H,1-2,10-11,13H2,3H3/b14-7+. The molecule has 0 aliphatic carbocycles. The summed E-state index contributed by atoms with van der Waals surface area (Å²) in [5, 5.41) is 3.37. The van der Waals surface area contributed by atoms with E-state index in [1.165, 1.54) is 0 Å². The Morgan fingerprint density at radius 1 is 1.50 bits per heavy atom. The van der Waals surface area contributed by atoms with Crippen LogP contribution in [0.5, 0.6) is 5.75 Å². The van der Waals surface area contributed by atoms with E-state index in [4.69, 9.17) is 9.47 Å². The number of ether oxygens (including phenoxy) is 2. The average Bonchev–Trinajstić information content (AvgIpc) is 2.50. The van der Waals surface area contributed by atoms with Crippen molar-refractivity contribution < 1.29 is 9.47 Å². The van der Waals surface area contributed by atoms with Crippen LogP contribution in [0.25, 0.3) is 0 Å². The normalized spacial score (nSPS) is 12.8. The van der Waals surface area contributed by atoms with Crippen LogP contribution in [0.2, 0.25) is 0 Å². The van der Waals surface area contributed by atoms with E-state index >= 15 is 0 Å². The Balaban J connectivity index is 2.63. The van der Waals surface area contributed by atoms with Crippen LogP contribution >= 0.6 is 0 Å². The summed E-state index contributed by atoms with van der Waals surface area (Å²) in [7, 11) is 1.68. The first-order valence-corrected chi connectivity index (χ1v) is 6.52. The molecule has 0 amide bonds. The average molecular weight is 274 g/mol. The lowest BCUT2D eigenvalue weighted by Crippen LogP contribution is -2.38. The van der Waals surface area contributed by atoms with Crippen LogP contribution in [0.1, 0.15) is 0 Å². The van der Waals surface area contributed by atoms with Crippen molar-refractivity contribution in [3.63, 3.8) is 0 Å². The number of methoxy groups -OCH3 is 1. The molecule has 4 nitrogen and oxygen atoms in total. The van der Waals surface area contributed by atoms with Crippen LogP contribution in [-0.2, 0) is 4.74 Å². The van der Waals surface area contributed by atoms with E-state index < -0.39 is 0 Å². The molecule has 108 valence electrons. The molecule has 1 N–H and O–H groups in total. The van der Waals surface area contributed by atoms with Gasteiger partial charge in [-0.1, -0.05) is 31.4 Å². The van der Waals surface area contributed by atoms with E-state index in [2.05, 4.69) is 23.5 Å². The molecule has 1 heterocycles. The number of aromatic nitrogens is 1. The van der Waals surface area contributed by atoms with Gasteiger partial charge < -0.3 is 14.8 Å². The molecule has 0 bridgehead atoms. The number of hydrogen-bond donors (Lipinski definition) is 1. The summed E-state index contributed by atoms with van der Waals surface area (Å²) in [4.78, 5) is 4.02. The molecule has 0 radical (unpaired) electrons. The van der Waals surface area contributed by atoms with Crippen molar-refractivity contribution in [1.82, 2.24) is 10.3 Å². The smallest absolute Gasteiger partial charge is 0.137 e. The first kappa shape index (κ1) is 16.1. The summed E-state index contributed by atoms with van der Waals surface area (Å²) < 4.78 is 10.8. The summed E-state index contributed by atoms with van der Waals surface area (Å²) in [6, 6.07) is 3.75. The van der Waals surface area contributed by atoms with Gasteiger partial charge in [-0.25, -0.2) is 0 Å². The maximum atomic E-state index is 5.74. The second-order valence-corrected chi connectivity index (χ2v) is 4.11. The number of pyridine rings is 1. The topological polar surface area (TPSA) is 43.4 Å². The molecule has 4 heteroatoms. The predicted octanol–water partition coefficient (Wildman–Crippen LogP) is 2.36. The van der Waals surface area contributed by atoms with Crippen LogP contribution in [0.15, 0.2) is 61.5 Å². The molecule has 1 atom stereocenters. The van der Waals surface area contributed by atoms with Gasteiger partial charge in [0.25, 0.3) is 0 Å². The largest absolute Gasteiger partial charge is 0.490 e. The van der Waals surface area contributed by atoms with Gasteiger partial charge in [-0.3, -0.25) is 4.98 Å². The molecule has 0 saturated heterocycles. The molecular formula is C16H22N2O2. The maximum Gasteiger partial charge on any atom is 0.137 e. The van der Waals surface area contributed by atoms with Gasteiger partial charge in [0.2, 0.25) is 0 Å². The number of nitrogens with one attached hydrogen (secondary N) is 1. The summed E-state index contributed by atoms with van der Waals surface area (Å²) in [5.41, 5.74) is 1.03. The minimum absolute atomic E-state index is 0.0286. The van der Waals surface area contributed by atoms with Crippen LogP contribution < -0.4 is 10.1 Å². The molecule has 0 saturated carbocycles. The van der Waals surface area contributed by atoms with Gasteiger partial charge in [0.1, 0.15) is 12.4 Å². The Morgan fingerprint density at radius 3 is 2.95 bits per heavy atom. The van der Waals surface area contributed by atoms with Crippen molar-refractivity contribution in [2.45, 2.75) is 6.04 Å². The molecule has 0 aliphatic rings. The highest BCUT2D eigenvalue weighted by Gasteiger charge is 2.12. The van der Waals surface area contributed by atoms with Crippen LogP contribution in [0.4, 0.5) is 0 Å². The number of nitrogens with zero attached hydrogens (tertiary/aromatic N) is 1. The van der Waals surface area contributed by atoms with E-state index in [0.717, 1.165) is 17.9 Å². The van der Waals surface area contributed by atoms with Crippen LogP contribution in [0, 0.1) is 0 Å². The zero-order valence-corrected chi connectivity index (χ0v) is 11.9. The zero-order valence-electron chi connectivity index (χ0n) is 11.9.